The molecule has 0 aliphatic heterocycles. The van der Waals surface area contributed by atoms with Gasteiger partial charge in [-0.15, -0.1) is 23.1 Å². The average molecular weight is 494 g/mol. The first kappa shape index (κ1) is 23.7. The molecule has 2 N–H and O–H groups in total. The van der Waals surface area contributed by atoms with Gasteiger partial charge in [0, 0.05) is 16.6 Å². The fourth-order valence-corrected chi connectivity index (χ4v) is 4.92. The quantitative estimate of drug-likeness (QED) is 0.343. The third-order valence-corrected chi connectivity index (χ3v) is 6.82. The molecule has 7 nitrogen and oxygen atoms in total. The Balaban J connectivity index is 1.31. The first-order chi connectivity index (χ1) is 16.4. The number of aromatic amines is 1. The van der Waals surface area contributed by atoms with Crippen LogP contribution in [0, 0.1) is 6.92 Å². The van der Waals surface area contributed by atoms with Crippen LogP contribution >= 0.6 is 23.1 Å². The Morgan fingerprint density at radius 1 is 1.15 bits per heavy atom. The first-order valence-electron chi connectivity index (χ1n) is 10.6. The van der Waals surface area contributed by atoms with Gasteiger partial charge in [-0.2, -0.15) is 0 Å². The number of fused-ring (bicyclic) bond motifs is 1. The van der Waals surface area contributed by atoms with Gasteiger partial charge in [-0.05, 0) is 31.5 Å². The Morgan fingerprint density at radius 3 is 2.62 bits per heavy atom. The lowest BCUT2D eigenvalue weighted by atomic mass is 10.1. The molecule has 1 amide bonds. The number of benzene rings is 2. The number of nitrogens with zero attached hydrogens (tertiary/aromatic N) is 1. The number of anilines is 1. The van der Waals surface area contributed by atoms with Crippen LogP contribution in [0.5, 0.6) is 0 Å². The number of rotatable bonds is 8. The molecular weight excluding hydrogens is 470 g/mol. The molecule has 0 spiro atoms. The monoisotopic (exact) mass is 493 g/mol. The Morgan fingerprint density at radius 2 is 1.88 bits per heavy atom. The van der Waals surface area contributed by atoms with Crippen LogP contribution in [0.4, 0.5) is 5.69 Å². The standard InChI is InChI=1S/C25H23N3O4S2/c1-15-8-10-18(11-9-15)26-23(30)16(2)32-21(29)14-33-13-20-27-24(31)22-19(12-34-25(22)28-20)17-6-4-3-5-7-17/h3-12,16H,13-14H2,1-2H3,(H,26,30)(H,27,28,31). The first-order valence-corrected chi connectivity index (χ1v) is 12.6. The number of H-pyrrole nitrogens is 1. The van der Waals surface area contributed by atoms with E-state index in [4.69, 9.17) is 4.74 Å². The topological polar surface area (TPSA) is 101 Å². The highest BCUT2D eigenvalue weighted by molar-refractivity contribution is 7.99. The maximum absolute atomic E-state index is 12.7. The van der Waals surface area contributed by atoms with Crippen LogP contribution in [0.25, 0.3) is 21.3 Å². The number of carbonyl (C=O) groups is 2. The molecular formula is C25H23N3O4S2. The van der Waals surface area contributed by atoms with E-state index in [9.17, 15) is 14.4 Å². The van der Waals surface area contributed by atoms with Crippen molar-refractivity contribution < 1.29 is 14.3 Å². The molecule has 0 aliphatic carbocycles. The fourth-order valence-electron chi connectivity index (χ4n) is 3.29. The van der Waals surface area contributed by atoms with Crippen LogP contribution in [0.15, 0.2) is 64.8 Å². The van der Waals surface area contributed by atoms with Gasteiger partial charge in [-0.1, -0.05) is 48.0 Å². The summed E-state index contributed by atoms with van der Waals surface area (Å²) in [5.74, 6) is -0.0539. The molecule has 2 aromatic carbocycles. The van der Waals surface area contributed by atoms with Gasteiger partial charge in [0.15, 0.2) is 6.10 Å². The minimum absolute atomic E-state index is 0.0314. The lowest BCUT2D eigenvalue weighted by Crippen LogP contribution is -2.30. The van der Waals surface area contributed by atoms with Crippen molar-refractivity contribution >= 4 is 50.9 Å². The molecule has 0 saturated carbocycles. The number of aromatic nitrogens is 2. The number of ether oxygens (including phenoxy) is 1. The summed E-state index contributed by atoms with van der Waals surface area (Å²) in [6.45, 7) is 3.49. The van der Waals surface area contributed by atoms with Crippen molar-refractivity contribution in [2.45, 2.75) is 25.7 Å². The van der Waals surface area contributed by atoms with Crippen LogP contribution < -0.4 is 10.9 Å². The van der Waals surface area contributed by atoms with Gasteiger partial charge in [-0.25, -0.2) is 4.98 Å². The van der Waals surface area contributed by atoms with Gasteiger partial charge in [0.1, 0.15) is 10.7 Å². The Labute approximate surface area is 204 Å². The van der Waals surface area contributed by atoms with E-state index in [1.165, 1.54) is 30.0 Å². The summed E-state index contributed by atoms with van der Waals surface area (Å²) < 4.78 is 5.23. The third-order valence-electron chi connectivity index (χ3n) is 5.03. The van der Waals surface area contributed by atoms with Gasteiger partial charge < -0.3 is 15.0 Å². The van der Waals surface area contributed by atoms with Crippen molar-refractivity contribution in [1.82, 2.24) is 9.97 Å². The van der Waals surface area contributed by atoms with Crippen LogP contribution in [0.2, 0.25) is 0 Å². The van der Waals surface area contributed by atoms with Gasteiger partial charge in [0.2, 0.25) is 0 Å². The molecule has 4 rings (SSSR count). The molecule has 4 aromatic rings. The summed E-state index contributed by atoms with van der Waals surface area (Å²) in [5.41, 5.74) is 3.34. The Hall–Kier alpha value is -3.43. The van der Waals surface area contributed by atoms with Crippen molar-refractivity contribution in [3.05, 3.63) is 81.7 Å². The second kappa shape index (κ2) is 10.7. The maximum Gasteiger partial charge on any atom is 0.316 e. The van der Waals surface area contributed by atoms with Crippen molar-refractivity contribution in [2.75, 3.05) is 11.1 Å². The van der Waals surface area contributed by atoms with Crippen LogP contribution in [0.1, 0.15) is 18.3 Å². The third kappa shape index (κ3) is 5.73. The van der Waals surface area contributed by atoms with Crippen molar-refractivity contribution in [3.8, 4) is 11.1 Å². The molecule has 1 unspecified atom stereocenters. The smallest absolute Gasteiger partial charge is 0.316 e. The largest absolute Gasteiger partial charge is 0.452 e. The summed E-state index contributed by atoms with van der Waals surface area (Å²) in [6.07, 6.45) is -0.925. The number of amides is 1. The minimum atomic E-state index is -0.925. The second-order valence-corrected chi connectivity index (χ2v) is 9.53. The van der Waals surface area contributed by atoms with Crippen molar-refractivity contribution in [3.63, 3.8) is 0 Å². The number of nitrogens with one attached hydrogen (secondary N) is 2. The van der Waals surface area contributed by atoms with Crippen molar-refractivity contribution in [2.24, 2.45) is 0 Å². The number of aryl methyl sites for hydroxylation is 1. The summed E-state index contributed by atoms with van der Waals surface area (Å²) in [4.78, 5) is 45.1. The number of hydrogen-bond acceptors (Lipinski definition) is 7. The number of esters is 1. The molecule has 1 atom stereocenters. The molecule has 2 aromatic heterocycles. The zero-order chi connectivity index (χ0) is 24.1. The summed E-state index contributed by atoms with van der Waals surface area (Å²) in [5, 5.41) is 5.22. The predicted molar refractivity (Wildman–Crippen MR) is 137 cm³/mol. The van der Waals surface area contributed by atoms with E-state index in [0.717, 1.165) is 16.7 Å². The average Bonchev–Trinajstić information content (AvgIpc) is 3.26. The van der Waals surface area contributed by atoms with Gasteiger partial charge in [0.25, 0.3) is 11.5 Å². The zero-order valence-corrected chi connectivity index (χ0v) is 20.3. The molecule has 9 heteroatoms. The van der Waals surface area contributed by atoms with E-state index in [2.05, 4.69) is 15.3 Å². The molecule has 34 heavy (non-hydrogen) atoms. The number of hydrogen-bond donors (Lipinski definition) is 2. The Bertz CT molecular complexity index is 1360. The molecule has 0 aliphatic rings. The molecule has 0 radical (unpaired) electrons. The summed E-state index contributed by atoms with van der Waals surface area (Å²) in [7, 11) is 0. The van der Waals surface area contributed by atoms with E-state index < -0.39 is 18.0 Å². The highest BCUT2D eigenvalue weighted by atomic mass is 32.2. The van der Waals surface area contributed by atoms with Crippen LogP contribution in [-0.4, -0.2) is 33.7 Å². The molecule has 174 valence electrons. The highest BCUT2D eigenvalue weighted by Gasteiger charge is 2.18. The lowest BCUT2D eigenvalue weighted by molar-refractivity contribution is -0.150. The molecule has 2 heterocycles. The molecule has 0 bridgehead atoms. The minimum Gasteiger partial charge on any atom is -0.452 e. The van der Waals surface area contributed by atoms with Gasteiger partial charge >= 0.3 is 5.97 Å². The highest BCUT2D eigenvalue weighted by Crippen LogP contribution is 2.30. The number of thioether (sulfide) groups is 1. The summed E-state index contributed by atoms with van der Waals surface area (Å²) >= 11 is 2.67. The lowest BCUT2D eigenvalue weighted by Gasteiger charge is -2.13. The molecule has 0 saturated heterocycles. The summed E-state index contributed by atoms with van der Waals surface area (Å²) in [6, 6.07) is 17.1. The normalized spacial score (nSPS) is 11.8. The van der Waals surface area contributed by atoms with Gasteiger partial charge in [0.05, 0.1) is 16.9 Å². The predicted octanol–water partition coefficient (Wildman–Crippen LogP) is 4.76. The van der Waals surface area contributed by atoms with E-state index in [1.807, 2.05) is 54.8 Å². The van der Waals surface area contributed by atoms with E-state index in [0.29, 0.717) is 27.5 Å². The van der Waals surface area contributed by atoms with E-state index in [1.54, 1.807) is 12.1 Å². The SMILES string of the molecule is Cc1ccc(NC(=O)C(C)OC(=O)CSCc2nc3scc(-c4ccccc4)c3c(=O)[nH]2)cc1. The van der Waals surface area contributed by atoms with Crippen molar-refractivity contribution in [1.29, 1.82) is 0 Å². The van der Waals surface area contributed by atoms with Crippen LogP contribution in [0.3, 0.4) is 0 Å². The van der Waals surface area contributed by atoms with E-state index >= 15 is 0 Å². The van der Waals surface area contributed by atoms with Crippen LogP contribution in [-0.2, 0) is 20.1 Å². The number of thiophene rings is 1. The molecule has 0 fully saturated rings. The van der Waals surface area contributed by atoms with E-state index in [-0.39, 0.29) is 11.3 Å². The maximum atomic E-state index is 12.7. The van der Waals surface area contributed by atoms with Gasteiger partial charge in [-0.3, -0.25) is 14.4 Å². The number of carbonyl (C=O) groups excluding carboxylic acids is 2. The Kier molecular flexibility index (Phi) is 7.44. The zero-order valence-electron chi connectivity index (χ0n) is 18.7. The second-order valence-electron chi connectivity index (χ2n) is 7.69. The fraction of sp³-hybridized carbons (Fsp3) is 0.200.